The van der Waals surface area contributed by atoms with Gasteiger partial charge in [0.15, 0.2) is 6.54 Å². The predicted molar refractivity (Wildman–Crippen MR) is 109 cm³/mol. The summed E-state index contributed by atoms with van der Waals surface area (Å²) < 4.78 is 13.9. The molecule has 0 saturated carbocycles. The maximum absolute atomic E-state index is 13.9. The van der Waals surface area contributed by atoms with E-state index in [1.54, 1.807) is 26.2 Å². The number of nitrogens with zero attached hydrogens (tertiary/aromatic N) is 1. The molecule has 2 aromatic carbocycles. The number of benzene rings is 2. The first kappa shape index (κ1) is 21.9. The first-order valence-electron chi connectivity index (χ1n) is 9.03. The van der Waals surface area contributed by atoms with Crippen molar-refractivity contribution in [2.24, 2.45) is 0 Å². The van der Waals surface area contributed by atoms with E-state index in [0.29, 0.717) is 10.6 Å². The first-order chi connectivity index (χ1) is 13.2. The quantitative estimate of drug-likeness (QED) is 0.740. The van der Waals surface area contributed by atoms with Crippen LogP contribution in [0, 0.1) is 19.7 Å². The van der Waals surface area contributed by atoms with Crippen molar-refractivity contribution in [2.45, 2.75) is 20.4 Å². The Kier molecular flexibility index (Phi) is 7.54. The topological polar surface area (TPSA) is 53.9 Å². The molecule has 7 heteroatoms. The lowest BCUT2D eigenvalue weighted by molar-refractivity contribution is -0.885. The Morgan fingerprint density at radius 2 is 1.75 bits per heavy atom. The standard InChI is InChI=1S/C21H25ClFN3O2/c1-14-7-5-8-15(2)21(14)24-19(27)12-26(4)20(28)13-25(3)11-16-17(22)9-6-10-18(16)23/h5-10H,11-13H2,1-4H3,(H,24,27)/p+1. The van der Waals surface area contributed by atoms with E-state index < -0.39 is 0 Å². The molecule has 0 aromatic heterocycles. The van der Waals surface area contributed by atoms with Gasteiger partial charge in [-0.05, 0) is 37.1 Å². The maximum Gasteiger partial charge on any atom is 0.277 e. The van der Waals surface area contributed by atoms with Crippen molar-refractivity contribution in [3.63, 3.8) is 0 Å². The normalized spacial score (nSPS) is 11.8. The Labute approximate surface area is 170 Å². The number of hydrogen-bond acceptors (Lipinski definition) is 2. The van der Waals surface area contributed by atoms with Crippen LogP contribution < -0.4 is 10.2 Å². The zero-order chi connectivity index (χ0) is 20.8. The molecule has 0 aliphatic rings. The van der Waals surface area contributed by atoms with Crippen molar-refractivity contribution in [2.75, 3.05) is 32.5 Å². The van der Waals surface area contributed by atoms with E-state index in [2.05, 4.69) is 5.32 Å². The second kappa shape index (κ2) is 9.66. The summed E-state index contributed by atoms with van der Waals surface area (Å²) in [5.74, 6) is -0.856. The number of anilines is 1. The molecule has 2 amide bonds. The van der Waals surface area contributed by atoms with E-state index in [9.17, 15) is 14.0 Å². The highest BCUT2D eigenvalue weighted by molar-refractivity contribution is 6.31. The van der Waals surface area contributed by atoms with Gasteiger partial charge in [-0.1, -0.05) is 35.9 Å². The van der Waals surface area contributed by atoms with Crippen molar-refractivity contribution in [1.82, 2.24) is 4.90 Å². The average molecular weight is 407 g/mol. The highest BCUT2D eigenvalue weighted by atomic mass is 35.5. The van der Waals surface area contributed by atoms with Crippen LogP contribution in [0.25, 0.3) is 0 Å². The van der Waals surface area contributed by atoms with Crippen molar-refractivity contribution in [3.05, 3.63) is 63.9 Å². The van der Waals surface area contributed by atoms with Crippen LogP contribution >= 0.6 is 11.6 Å². The van der Waals surface area contributed by atoms with Gasteiger partial charge in [0.25, 0.3) is 5.91 Å². The Balaban J connectivity index is 1.90. The molecular formula is C21H26ClFN3O2+. The molecule has 2 aromatic rings. The van der Waals surface area contributed by atoms with Crippen molar-refractivity contribution in [1.29, 1.82) is 0 Å². The minimum Gasteiger partial charge on any atom is -0.332 e. The van der Waals surface area contributed by atoms with E-state index in [-0.39, 0.29) is 37.3 Å². The molecule has 0 aliphatic carbocycles. The fourth-order valence-electron chi connectivity index (χ4n) is 2.95. The largest absolute Gasteiger partial charge is 0.332 e. The number of carbonyl (C=O) groups is 2. The lowest BCUT2D eigenvalue weighted by Crippen LogP contribution is -3.09. The number of halogens is 2. The van der Waals surface area contributed by atoms with E-state index in [1.807, 2.05) is 32.0 Å². The zero-order valence-electron chi connectivity index (χ0n) is 16.6. The minimum atomic E-state index is -0.388. The van der Waals surface area contributed by atoms with Gasteiger partial charge in [0.2, 0.25) is 5.91 Å². The SMILES string of the molecule is Cc1cccc(C)c1NC(=O)CN(C)C(=O)C[NH+](C)Cc1c(F)cccc1Cl. The lowest BCUT2D eigenvalue weighted by Gasteiger charge is -2.20. The number of carbonyl (C=O) groups excluding carboxylic acids is 2. The fourth-order valence-corrected chi connectivity index (χ4v) is 3.18. The summed E-state index contributed by atoms with van der Waals surface area (Å²) in [7, 11) is 3.36. The Bertz CT molecular complexity index is 832. The highest BCUT2D eigenvalue weighted by Gasteiger charge is 2.20. The van der Waals surface area contributed by atoms with Crippen LogP contribution in [-0.2, 0) is 16.1 Å². The zero-order valence-corrected chi connectivity index (χ0v) is 17.4. The summed E-state index contributed by atoms with van der Waals surface area (Å²) in [6, 6.07) is 10.3. The highest BCUT2D eigenvalue weighted by Crippen LogP contribution is 2.19. The predicted octanol–water partition coefficient (Wildman–Crippen LogP) is 2.21. The van der Waals surface area contributed by atoms with Gasteiger partial charge in [-0.3, -0.25) is 9.59 Å². The third-order valence-corrected chi connectivity index (χ3v) is 4.90. The number of aryl methyl sites for hydroxylation is 2. The number of quaternary nitrogens is 1. The van der Waals surface area contributed by atoms with Gasteiger partial charge in [0.1, 0.15) is 12.4 Å². The Morgan fingerprint density at radius 3 is 2.36 bits per heavy atom. The van der Waals surface area contributed by atoms with Gasteiger partial charge in [-0.2, -0.15) is 0 Å². The second-order valence-electron chi connectivity index (χ2n) is 7.08. The molecule has 0 radical (unpaired) electrons. The summed E-state index contributed by atoms with van der Waals surface area (Å²) in [4.78, 5) is 26.9. The average Bonchev–Trinajstić information content (AvgIpc) is 2.61. The van der Waals surface area contributed by atoms with Crippen LogP contribution in [0.4, 0.5) is 10.1 Å². The van der Waals surface area contributed by atoms with Crippen LogP contribution in [-0.4, -0.2) is 43.9 Å². The van der Waals surface area contributed by atoms with Crippen LogP contribution in [0.5, 0.6) is 0 Å². The Morgan fingerprint density at radius 1 is 1.14 bits per heavy atom. The third kappa shape index (κ3) is 5.78. The number of rotatable bonds is 7. The van der Waals surface area contributed by atoms with Crippen molar-refractivity contribution in [3.8, 4) is 0 Å². The van der Waals surface area contributed by atoms with Crippen LogP contribution in [0.15, 0.2) is 36.4 Å². The molecular weight excluding hydrogens is 381 g/mol. The molecule has 150 valence electrons. The lowest BCUT2D eigenvalue weighted by atomic mass is 10.1. The maximum atomic E-state index is 13.9. The van der Waals surface area contributed by atoms with Crippen molar-refractivity contribution < 1.29 is 18.9 Å². The van der Waals surface area contributed by atoms with Gasteiger partial charge in [-0.15, -0.1) is 0 Å². The summed E-state index contributed by atoms with van der Waals surface area (Å²) in [6.45, 7) is 4.19. The van der Waals surface area contributed by atoms with E-state index in [0.717, 1.165) is 21.7 Å². The number of hydrogen-bond donors (Lipinski definition) is 2. The molecule has 2 rings (SSSR count). The molecule has 0 saturated heterocycles. The third-order valence-electron chi connectivity index (χ3n) is 4.55. The summed E-state index contributed by atoms with van der Waals surface area (Å²) in [5.41, 5.74) is 3.08. The fraction of sp³-hybridized carbons (Fsp3) is 0.333. The number of amides is 2. The summed E-state index contributed by atoms with van der Waals surface area (Å²) in [6.07, 6.45) is 0. The van der Waals surface area contributed by atoms with E-state index in [1.165, 1.54) is 11.0 Å². The first-order valence-corrected chi connectivity index (χ1v) is 9.41. The van der Waals surface area contributed by atoms with Crippen LogP contribution in [0.1, 0.15) is 16.7 Å². The molecule has 2 N–H and O–H groups in total. The van der Waals surface area contributed by atoms with Crippen LogP contribution in [0.3, 0.4) is 0 Å². The van der Waals surface area contributed by atoms with Gasteiger partial charge < -0.3 is 15.1 Å². The Hall–Kier alpha value is -2.44. The molecule has 0 fully saturated rings. The van der Waals surface area contributed by atoms with Crippen LogP contribution in [0.2, 0.25) is 5.02 Å². The smallest absolute Gasteiger partial charge is 0.277 e. The number of nitrogens with one attached hydrogen (secondary N) is 2. The molecule has 1 atom stereocenters. The van der Waals surface area contributed by atoms with Gasteiger partial charge in [-0.25, -0.2) is 4.39 Å². The number of likely N-dealkylation sites (N-methyl/N-ethyl adjacent to an activating group) is 2. The molecule has 28 heavy (non-hydrogen) atoms. The molecule has 0 spiro atoms. The van der Waals surface area contributed by atoms with E-state index >= 15 is 0 Å². The molecule has 0 heterocycles. The van der Waals surface area contributed by atoms with Gasteiger partial charge in [0.05, 0.1) is 24.2 Å². The van der Waals surface area contributed by atoms with Gasteiger partial charge in [0, 0.05) is 12.7 Å². The summed E-state index contributed by atoms with van der Waals surface area (Å²) in [5, 5.41) is 3.21. The number of para-hydroxylation sites is 1. The van der Waals surface area contributed by atoms with E-state index in [4.69, 9.17) is 11.6 Å². The molecule has 5 nitrogen and oxygen atoms in total. The van der Waals surface area contributed by atoms with Crippen molar-refractivity contribution >= 4 is 29.1 Å². The monoisotopic (exact) mass is 406 g/mol. The summed E-state index contributed by atoms with van der Waals surface area (Å²) >= 11 is 6.04. The minimum absolute atomic E-state index is 0.0552. The second-order valence-corrected chi connectivity index (χ2v) is 7.48. The molecule has 1 unspecified atom stereocenters. The molecule has 0 aliphatic heterocycles. The van der Waals surface area contributed by atoms with Gasteiger partial charge >= 0.3 is 0 Å². The molecule has 0 bridgehead atoms.